The average Bonchev–Trinajstić information content (AvgIpc) is 3.11. The number of hydrogen-bond donors (Lipinski definition) is 1. The van der Waals surface area contributed by atoms with Crippen LogP contribution in [0.25, 0.3) is 0 Å². The van der Waals surface area contributed by atoms with Gasteiger partial charge in [-0.15, -0.1) is 0 Å². The zero-order valence-electron chi connectivity index (χ0n) is 19.3. The predicted octanol–water partition coefficient (Wildman–Crippen LogP) is 3.63. The zero-order chi connectivity index (χ0) is 24.5. The maximum absolute atomic E-state index is 13.3. The van der Waals surface area contributed by atoms with Crippen molar-refractivity contribution in [3.63, 3.8) is 0 Å². The van der Waals surface area contributed by atoms with Gasteiger partial charge in [0.1, 0.15) is 5.82 Å². The summed E-state index contributed by atoms with van der Waals surface area (Å²) >= 11 is 0. The van der Waals surface area contributed by atoms with Gasteiger partial charge in [0, 0.05) is 44.0 Å². The van der Waals surface area contributed by atoms with Crippen LogP contribution >= 0.6 is 0 Å². The van der Waals surface area contributed by atoms with Gasteiger partial charge in [0.15, 0.2) is 0 Å². The maximum atomic E-state index is 13.3. The van der Waals surface area contributed by atoms with E-state index in [1.807, 2.05) is 24.3 Å². The molecule has 8 heteroatoms. The summed E-state index contributed by atoms with van der Waals surface area (Å²) in [5.74, 6) is -1.88. The van der Waals surface area contributed by atoms with E-state index < -0.39 is 17.6 Å². The Hall–Kier alpha value is -3.88. The molecule has 1 saturated heterocycles. The lowest BCUT2D eigenvalue weighted by atomic mass is 10.1. The van der Waals surface area contributed by atoms with Gasteiger partial charge in [-0.1, -0.05) is 12.1 Å². The Morgan fingerprint density at radius 2 is 1.51 bits per heavy atom. The summed E-state index contributed by atoms with van der Waals surface area (Å²) in [5.41, 5.74) is 2.73. The van der Waals surface area contributed by atoms with Gasteiger partial charge < -0.3 is 10.2 Å². The SMILES string of the molecule is CN1CCN(Cc2ccc(NC(=O)c3ccc4c(c3)C(=O)N(c3ccc(F)cc3)C4=O)cc2)CC1. The van der Waals surface area contributed by atoms with Crippen LogP contribution in [-0.4, -0.2) is 60.7 Å². The number of hydrogen-bond acceptors (Lipinski definition) is 5. The summed E-state index contributed by atoms with van der Waals surface area (Å²) < 4.78 is 13.3. The highest BCUT2D eigenvalue weighted by Crippen LogP contribution is 2.29. The number of carbonyl (C=O) groups is 3. The maximum Gasteiger partial charge on any atom is 0.266 e. The molecule has 0 unspecified atom stereocenters. The van der Waals surface area contributed by atoms with E-state index in [1.165, 1.54) is 48.0 Å². The van der Waals surface area contributed by atoms with Gasteiger partial charge >= 0.3 is 0 Å². The molecular weight excluding hydrogens is 447 g/mol. The molecule has 1 fully saturated rings. The minimum Gasteiger partial charge on any atom is -0.322 e. The van der Waals surface area contributed by atoms with E-state index in [9.17, 15) is 18.8 Å². The lowest BCUT2D eigenvalue weighted by Crippen LogP contribution is -2.43. The highest BCUT2D eigenvalue weighted by atomic mass is 19.1. The molecule has 0 radical (unpaired) electrons. The minimum atomic E-state index is -0.542. The summed E-state index contributed by atoms with van der Waals surface area (Å²) in [6.07, 6.45) is 0. The van der Waals surface area contributed by atoms with Crippen LogP contribution in [0.5, 0.6) is 0 Å². The van der Waals surface area contributed by atoms with Crippen molar-refractivity contribution in [3.8, 4) is 0 Å². The molecule has 1 N–H and O–H groups in total. The van der Waals surface area contributed by atoms with Gasteiger partial charge in [0.05, 0.1) is 16.8 Å². The largest absolute Gasteiger partial charge is 0.322 e. The molecule has 3 amide bonds. The number of anilines is 2. The number of nitrogens with zero attached hydrogens (tertiary/aromatic N) is 3. The molecule has 2 aliphatic heterocycles. The smallest absolute Gasteiger partial charge is 0.266 e. The Labute approximate surface area is 202 Å². The normalized spacial score (nSPS) is 16.5. The van der Waals surface area contributed by atoms with E-state index >= 15 is 0 Å². The van der Waals surface area contributed by atoms with E-state index in [-0.39, 0.29) is 28.3 Å². The average molecular weight is 473 g/mol. The van der Waals surface area contributed by atoms with Gasteiger partial charge in [-0.2, -0.15) is 0 Å². The Morgan fingerprint density at radius 1 is 0.857 bits per heavy atom. The predicted molar refractivity (Wildman–Crippen MR) is 131 cm³/mol. The number of rotatable bonds is 5. The van der Waals surface area contributed by atoms with E-state index in [0.717, 1.165) is 37.6 Å². The van der Waals surface area contributed by atoms with Crippen LogP contribution in [0.3, 0.4) is 0 Å². The molecule has 0 aliphatic carbocycles. The summed E-state index contributed by atoms with van der Waals surface area (Å²) in [6, 6.07) is 17.3. The molecule has 5 rings (SSSR count). The highest BCUT2D eigenvalue weighted by molar-refractivity contribution is 6.34. The summed E-state index contributed by atoms with van der Waals surface area (Å²) in [6.45, 7) is 5.06. The van der Waals surface area contributed by atoms with Crippen LogP contribution in [-0.2, 0) is 6.54 Å². The van der Waals surface area contributed by atoms with Crippen molar-refractivity contribution in [2.45, 2.75) is 6.54 Å². The Balaban J connectivity index is 1.26. The first-order valence-electron chi connectivity index (χ1n) is 11.5. The van der Waals surface area contributed by atoms with Crippen molar-refractivity contribution in [3.05, 3.63) is 94.8 Å². The molecule has 0 atom stereocenters. The first kappa shape index (κ1) is 22.9. The van der Waals surface area contributed by atoms with Gasteiger partial charge in [0.2, 0.25) is 0 Å². The van der Waals surface area contributed by atoms with Gasteiger partial charge in [-0.3, -0.25) is 19.3 Å². The third-order valence-electron chi connectivity index (χ3n) is 6.45. The van der Waals surface area contributed by atoms with Crippen LogP contribution < -0.4 is 10.2 Å². The quantitative estimate of drug-likeness (QED) is 0.575. The number of imide groups is 1. The monoisotopic (exact) mass is 472 g/mol. The molecule has 0 saturated carbocycles. The van der Waals surface area contributed by atoms with E-state index in [4.69, 9.17) is 0 Å². The second kappa shape index (κ2) is 9.40. The van der Waals surface area contributed by atoms with Crippen molar-refractivity contribution < 1.29 is 18.8 Å². The Morgan fingerprint density at radius 3 is 2.20 bits per heavy atom. The minimum absolute atomic E-state index is 0.148. The molecule has 3 aromatic carbocycles. The number of benzene rings is 3. The van der Waals surface area contributed by atoms with Gasteiger partial charge in [-0.25, -0.2) is 9.29 Å². The van der Waals surface area contributed by atoms with Gasteiger partial charge in [0.25, 0.3) is 17.7 Å². The standard InChI is InChI=1S/C27H25FN4O3/c1-30-12-14-31(15-13-30)17-18-2-7-21(8-3-18)29-25(33)19-4-11-23-24(16-19)27(35)32(26(23)34)22-9-5-20(28)6-10-22/h2-11,16H,12-15,17H2,1H3,(H,29,33). The van der Waals surface area contributed by atoms with Crippen LogP contribution in [0, 0.1) is 5.82 Å². The molecule has 0 aromatic heterocycles. The third kappa shape index (κ3) is 4.71. The van der Waals surface area contributed by atoms with Gasteiger partial charge in [-0.05, 0) is 67.2 Å². The van der Waals surface area contributed by atoms with E-state index in [0.29, 0.717) is 5.69 Å². The fourth-order valence-corrected chi connectivity index (χ4v) is 4.37. The third-order valence-corrected chi connectivity index (χ3v) is 6.45. The van der Waals surface area contributed by atoms with Crippen LogP contribution in [0.4, 0.5) is 15.8 Å². The summed E-state index contributed by atoms with van der Waals surface area (Å²) in [4.78, 5) is 44.2. The summed E-state index contributed by atoms with van der Waals surface area (Å²) in [5, 5.41) is 2.85. The fourth-order valence-electron chi connectivity index (χ4n) is 4.37. The number of halogens is 1. The Bertz CT molecular complexity index is 1280. The molecular formula is C27H25FN4O3. The first-order chi connectivity index (χ1) is 16.9. The molecule has 178 valence electrons. The van der Waals surface area contributed by atoms with Crippen LogP contribution in [0.15, 0.2) is 66.7 Å². The van der Waals surface area contributed by atoms with Crippen LogP contribution in [0.2, 0.25) is 0 Å². The van der Waals surface area contributed by atoms with Crippen molar-refractivity contribution in [2.24, 2.45) is 0 Å². The first-order valence-corrected chi connectivity index (χ1v) is 11.5. The number of fused-ring (bicyclic) bond motifs is 1. The number of carbonyl (C=O) groups excluding carboxylic acids is 3. The number of piperazine rings is 1. The van der Waals surface area contributed by atoms with E-state index in [1.54, 1.807) is 0 Å². The molecule has 35 heavy (non-hydrogen) atoms. The lowest BCUT2D eigenvalue weighted by Gasteiger charge is -2.32. The zero-order valence-corrected chi connectivity index (χ0v) is 19.3. The van der Waals surface area contributed by atoms with E-state index in [2.05, 4.69) is 22.2 Å². The number of nitrogens with one attached hydrogen (secondary N) is 1. The van der Waals surface area contributed by atoms with Crippen molar-refractivity contribution in [2.75, 3.05) is 43.4 Å². The second-order valence-corrected chi connectivity index (χ2v) is 8.91. The topological polar surface area (TPSA) is 73.0 Å². The van der Waals surface area contributed by atoms with Crippen molar-refractivity contribution >= 4 is 29.1 Å². The van der Waals surface area contributed by atoms with Crippen molar-refractivity contribution in [1.82, 2.24) is 9.80 Å². The highest BCUT2D eigenvalue weighted by Gasteiger charge is 2.37. The molecule has 3 aromatic rings. The second-order valence-electron chi connectivity index (χ2n) is 8.91. The molecule has 2 aliphatic rings. The molecule has 2 heterocycles. The lowest BCUT2D eigenvalue weighted by molar-refractivity contribution is 0.0925. The molecule has 7 nitrogen and oxygen atoms in total. The number of amides is 3. The Kier molecular flexibility index (Phi) is 6.15. The van der Waals surface area contributed by atoms with Crippen LogP contribution in [0.1, 0.15) is 36.6 Å². The fraction of sp³-hybridized carbons (Fsp3) is 0.222. The summed E-state index contributed by atoms with van der Waals surface area (Å²) in [7, 11) is 2.13. The molecule has 0 bridgehead atoms. The number of likely N-dealkylation sites (N-methyl/N-ethyl adjacent to an activating group) is 1. The molecule has 0 spiro atoms. The van der Waals surface area contributed by atoms with Crippen molar-refractivity contribution in [1.29, 1.82) is 0 Å².